The van der Waals surface area contributed by atoms with Gasteiger partial charge in [0, 0.05) is 31.1 Å². The van der Waals surface area contributed by atoms with Gasteiger partial charge in [0.2, 0.25) is 11.8 Å². The van der Waals surface area contributed by atoms with Crippen molar-refractivity contribution in [2.24, 2.45) is 5.92 Å². The molecule has 0 fully saturated rings. The Morgan fingerprint density at radius 1 is 1.07 bits per heavy atom. The molecule has 29 heavy (non-hydrogen) atoms. The van der Waals surface area contributed by atoms with E-state index >= 15 is 0 Å². The molecule has 2 amide bonds. The van der Waals surface area contributed by atoms with E-state index in [1.807, 2.05) is 36.9 Å². The van der Waals surface area contributed by atoms with Crippen LogP contribution < -0.4 is 5.32 Å². The first-order valence-electron chi connectivity index (χ1n) is 9.74. The zero-order chi connectivity index (χ0) is 21.0. The molecule has 0 saturated heterocycles. The Bertz CT molecular complexity index is 1000. The van der Waals surface area contributed by atoms with Gasteiger partial charge in [0.15, 0.2) is 9.84 Å². The fourth-order valence-electron chi connectivity index (χ4n) is 3.38. The Balaban J connectivity index is 1.62. The second-order valence-corrected chi connectivity index (χ2v) is 9.69. The van der Waals surface area contributed by atoms with Crippen molar-refractivity contribution in [1.82, 2.24) is 4.90 Å². The Morgan fingerprint density at radius 3 is 2.48 bits per heavy atom. The van der Waals surface area contributed by atoms with Crippen LogP contribution in [0.3, 0.4) is 0 Å². The molecule has 7 heteroatoms. The van der Waals surface area contributed by atoms with E-state index in [9.17, 15) is 18.0 Å². The number of fused-ring (bicyclic) bond motifs is 1. The molecule has 0 saturated carbocycles. The fourth-order valence-corrected chi connectivity index (χ4v) is 4.65. The first-order chi connectivity index (χ1) is 13.8. The second kappa shape index (κ2) is 8.78. The molecule has 1 aliphatic rings. The number of sulfone groups is 1. The maximum atomic E-state index is 12.3. The van der Waals surface area contributed by atoms with E-state index < -0.39 is 9.84 Å². The zero-order valence-electron chi connectivity index (χ0n) is 16.7. The third-order valence-corrected chi connectivity index (χ3v) is 6.74. The highest BCUT2D eigenvalue weighted by atomic mass is 32.2. The van der Waals surface area contributed by atoms with Gasteiger partial charge in [-0.1, -0.05) is 38.1 Å². The molecule has 0 atom stereocenters. The summed E-state index contributed by atoms with van der Waals surface area (Å²) in [5, 5.41) is 2.78. The van der Waals surface area contributed by atoms with Gasteiger partial charge in [-0.2, -0.15) is 0 Å². The average molecular weight is 415 g/mol. The number of nitrogens with one attached hydrogen (secondary N) is 1. The van der Waals surface area contributed by atoms with Crippen LogP contribution in [-0.4, -0.2) is 37.4 Å². The van der Waals surface area contributed by atoms with Crippen LogP contribution >= 0.6 is 0 Å². The van der Waals surface area contributed by atoms with E-state index in [1.54, 1.807) is 18.2 Å². The predicted molar refractivity (Wildman–Crippen MR) is 112 cm³/mol. The monoisotopic (exact) mass is 414 g/mol. The molecule has 0 radical (unpaired) electrons. The first kappa shape index (κ1) is 21.0. The Labute approximate surface area is 171 Å². The first-order valence-corrected chi connectivity index (χ1v) is 11.4. The van der Waals surface area contributed by atoms with Gasteiger partial charge in [-0.25, -0.2) is 8.42 Å². The van der Waals surface area contributed by atoms with Gasteiger partial charge in [-0.15, -0.1) is 0 Å². The molecule has 154 valence electrons. The molecule has 2 aromatic rings. The average Bonchev–Trinajstić information content (AvgIpc) is 2.72. The molecule has 6 nitrogen and oxygen atoms in total. The number of anilines is 1. The molecule has 1 N–H and O–H groups in total. The van der Waals surface area contributed by atoms with Gasteiger partial charge in [0.25, 0.3) is 0 Å². The maximum absolute atomic E-state index is 12.3. The van der Waals surface area contributed by atoms with Crippen molar-refractivity contribution in [2.45, 2.75) is 38.1 Å². The van der Waals surface area contributed by atoms with Crippen LogP contribution in [0, 0.1) is 5.92 Å². The van der Waals surface area contributed by atoms with Crippen molar-refractivity contribution in [3.05, 3.63) is 59.7 Å². The molecular formula is C22H26N2O4S. The summed E-state index contributed by atoms with van der Waals surface area (Å²) < 4.78 is 24.6. The minimum atomic E-state index is -3.49. The number of nitrogens with zero attached hydrogens (tertiary/aromatic N) is 1. The highest BCUT2D eigenvalue weighted by molar-refractivity contribution is 7.91. The molecular weight excluding hydrogens is 388 g/mol. The van der Waals surface area contributed by atoms with E-state index in [2.05, 4.69) is 5.32 Å². The third-order valence-electron chi connectivity index (χ3n) is 5.01. The summed E-state index contributed by atoms with van der Waals surface area (Å²) in [4.78, 5) is 26.6. The fraction of sp³-hybridized carbons (Fsp3) is 0.364. The molecule has 0 unspecified atom stereocenters. The molecule has 0 aromatic heterocycles. The van der Waals surface area contributed by atoms with E-state index in [4.69, 9.17) is 0 Å². The van der Waals surface area contributed by atoms with Crippen molar-refractivity contribution in [2.75, 3.05) is 17.6 Å². The minimum absolute atomic E-state index is 0.0500. The van der Waals surface area contributed by atoms with Crippen LogP contribution in [0.4, 0.5) is 5.69 Å². The lowest BCUT2D eigenvalue weighted by atomic mass is 9.98. The van der Waals surface area contributed by atoms with E-state index in [-0.39, 0.29) is 34.8 Å². The maximum Gasteiger partial charge on any atom is 0.225 e. The molecule has 1 heterocycles. The van der Waals surface area contributed by atoms with Crippen LogP contribution in [0.2, 0.25) is 0 Å². The number of rotatable bonds is 6. The summed E-state index contributed by atoms with van der Waals surface area (Å²) in [7, 11) is -3.49. The van der Waals surface area contributed by atoms with Gasteiger partial charge in [0.05, 0.1) is 10.6 Å². The SMILES string of the molecule is CC(C)C(=O)N1CCc2ccc(NC(=O)CCS(=O)(=O)c3ccccc3)cc2C1. The van der Waals surface area contributed by atoms with Crippen LogP contribution in [0.1, 0.15) is 31.4 Å². The number of benzene rings is 2. The molecule has 0 bridgehead atoms. The molecule has 3 rings (SSSR count). The van der Waals surface area contributed by atoms with E-state index in [0.29, 0.717) is 18.8 Å². The highest BCUT2D eigenvalue weighted by Gasteiger charge is 2.23. The Kier molecular flexibility index (Phi) is 6.37. The van der Waals surface area contributed by atoms with Crippen molar-refractivity contribution in [3.63, 3.8) is 0 Å². The minimum Gasteiger partial charge on any atom is -0.338 e. The Morgan fingerprint density at radius 2 is 1.79 bits per heavy atom. The lowest BCUT2D eigenvalue weighted by Crippen LogP contribution is -2.38. The summed E-state index contributed by atoms with van der Waals surface area (Å²) in [6.07, 6.45) is 0.670. The third kappa shape index (κ3) is 5.23. The van der Waals surface area contributed by atoms with Crippen LogP contribution in [0.5, 0.6) is 0 Å². The number of hydrogen-bond acceptors (Lipinski definition) is 4. The smallest absolute Gasteiger partial charge is 0.225 e. The summed E-state index contributed by atoms with van der Waals surface area (Å²) >= 11 is 0. The van der Waals surface area contributed by atoms with Gasteiger partial charge >= 0.3 is 0 Å². The largest absolute Gasteiger partial charge is 0.338 e. The molecule has 1 aliphatic heterocycles. The van der Waals surface area contributed by atoms with Crippen molar-refractivity contribution < 1.29 is 18.0 Å². The van der Waals surface area contributed by atoms with E-state index in [0.717, 1.165) is 12.0 Å². The molecule has 2 aromatic carbocycles. The summed E-state index contributed by atoms with van der Waals surface area (Å²) in [6.45, 7) is 5.00. The highest BCUT2D eigenvalue weighted by Crippen LogP contribution is 2.24. The van der Waals surface area contributed by atoms with Gasteiger partial charge in [-0.3, -0.25) is 9.59 Å². The van der Waals surface area contributed by atoms with Gasteiger partial charge < -0.3 is 10.2 Å². The summed E-state index contributed by atoms with van der Waals surface area (Å²) in [5.41, 5.74) is 2.80. The second-order valence-electron chi connectivity index (χ2n) is 7.58. The van der Waals surface area contributed by atoms with E-state index in [1.165, 1.54) is 17.7 Å². The molecule has 0 spiro atoms. The normalized spacial score (nSPS) is 13.8. The molecule has 0 aliphatic carbocycles. The standard InChI is InChI=1S/C22H26N2O4S/c1-16(2)22(26)24-12-10-17-8-9-19(14-18(17)15-24)23-21(25)11-13-29(27,28)20-6-4-3-5-7-20/h3-9,14,16H,10-13,15H2,1-2H3,(H,23,25). The zero-order valence-corrected chi connectivity index (χ0v) is 17.5. The van der Waals surface area contributed by atoms with Gasteiger partial charge in [-0.05, 0) is 41.8 Å². The van der Waals surface area contributed by atoms with Gasteiger partial charge in [0.1, 0.15) is 0 Å². The number of hydrogen-bond donors (Lipinski definition) is 1. The number of carbonyl (C=O) groups excluding carboxylic acids is 2. The van der Waals surface area contributed by atoms with Crippen LogP contribution in [0.15, 0.2) is 53.4 Å². The predicted octanol–water partition coefficient (Wildman–Crippen LogP) is 3.03. The number of amides is 2. The summed E-state index contributed by atoms with van der Waals surface area (Å²) in [6, 6.07) is 13.8. The van der Waals surface area contributed by atoms with Crippen molar-refractivity contribution >= 4 is 27.3 Å². The topological polar surface area (TPSA) is 83.6 Å². The number of carbonyl (C=O) groups is 2. The lowest BCUT2D eigenvalue weighted by molar-refractivity contribution is -0.135. The van der Waals surface area contributed by atoms with Crippen LogP contribution in [-0.2, 0) is 32.4 Å². The van der Waals surface area contributed by atoms with Crippen molar-refractivity contribution in [1.29, 1.82) is 0 Å². The lowest BCUT2D eigenvalue weighted by Gasteiger charge is -2.30. The quantitative estimate of drug-likeness (QED) is 0.788. The Hall–Kier alpha value is -2.67. The van der Waals surface area contributed by atoms with Crippen molar-refractivity contribution in [3.8, 4) is 0 Å². The van der Waals surface area contributed by atoms with Crippen LogP contribution in [0.25, 0.3) is 0 Å². The summed E-state index contributed by atoms with van der Waals surface area (Å²) in [5.74, 6) is -0.526.